The van der Waals surface area contributed by atoms with Crippen molar-refractivity contribution in [1.82, 2.24) is 0 Å². The minimum Gasteiger partial charge on any atom is -0.383 e. The Morgan fingerprint density at radius 2 is 2.21 bits per heavy atom. The lowest BCUT2D eigenvalue weighted by Gasteiger charge is -2.08. The number of nitrogens with one attached hydrogen (secondary N) is 1. The molecule has 0 atom stereocenters. The molecule has 1 rings (SSSR count). The lowest BCUT2D eigenvalue weighted by atomic mass is 10.2. The van der Waals surface area contributed by atoms with Crippen molar-refractivity contribution in [2.24, 2.45) is 0 Å². The molecule has 3 heteroatoms. The van der Waals surface area contributed by atoms with E-state index in [-0.39, 0.29) is 0 Å². The Morgan fingerprint density at radius 3 is 2.93 bits per heavy atom. The number of aryl methyl sites for hydroxylation is 1. The number of benzene rings is 1. The monoisotopic (exact) mass is 273 g/mol. The molecule has 0 radical (unpaired) electrons. The molecule has 0 saturated carbocycles. The van der Waals surface area contributed by atoms with Gasteiger partial charge in [0.25, 0.3) is 0 Å². The summed E-state index contributed by atoms with van der Waals surface area (Å²) in [7, 11) is 0. The van der Waals surface area contributed by atoms with Gasteiger partial charge in [-0.3, -0.25) is 0 Å². The van der Waals surface area contributed by atoms with Crippen LogP contribution in [0.3, 0.4) is 0 Å². The molecule has 0 fully saturated rings. The van der Waals surface area contributed by atoms with Crippen molar-refractivity contribution in [3.63, 3.8) is 0 Å². The number of thioether (sulfide) groups is 1. The average Bonchev–Trinajstić information content (AvgIpc) is 2.18. The Kier molecular flexibility index (Phi) is 5.41. The third-order valence-electron chi connectivity index (χ3n) is 1.89. The molecule has 0 aromatic heterocycles. The minimum atomic E-state index is 1.03. The Hall–Kier alpha value is -0.150. The van der Waals surface area contributed by atoms with Crippen molar-refractivity contribution in [3.8, 4) is 0 Å². The third kappa shape index (κ3) is 3.93. The highest BCUT2D eigenvalue weighted by Crippen LogP contribution is 2.23. The summed E-state index contributed by atoms with van der Waals surface area (Å²) < 4.78 is 1.14. The highest BCUT2D eigenvalue weighted by molar-refractivity contribution is 9.10. The number of halogens is 1. The summed E-state index contributed by atoms with van der Waals surface area (Å²) in [5.74, 6) is 2.35. The first-order valence-corrected chi connectivity index (χ1v) is 6.76. The summed E-state index contributed by atoms with van der Waals surface area (Å²) in [5.41, 5.74) is 2.49. The molecule has 0 saturated heterocycles. The first-order chi connectivity index (χ1) is 6.74. The molecule has 0 spiro atoms. The first kappa shape index (κ1) is 11.9. The summed E-state index contributed by atoms with van der Waals surface area (Å²) in [6.45, 7) is 5.33. The van der Waals surface area contributed by atoms with Crippen LogP contribution in [0.4, 0.5) is 5.69 Å². The second kappa shape index (κ2) is 6.36. The van der Waals surface area contributed by atoms with Gasteiger partial charge in [-0.25, -0.2) is 0 Å². The fourth-order valence-electron chi connectivity index (χ4n) is 1.18. The van der Waals surface area contributed by atoms with Gasteiger partial charge in [-0.1, -0.05) is 13.0 Å². The second-order valence-corrected chi connectivity index (χ2v) is 5.36. The van der Waals surface area contributed by atoms with Gasteiger partial charge in [0.2, 0.25) is 0 Å². The standard InChI is InChI=1S/C11H16BrNS/c1-3-14-7-6-13-11-8-9(2)4-5-10(11)12/h4-5,8,13H,3,6-7H2,1-2H3. The van der Waals surface area contributed by atoms with Gasteiger partial charge < -0.3 is 5.32 Å². The molecule has 0 unspecified atom stereocenters. The van der Waals surface area contributed by atoms with E-state index in [2.05, 4.69) is 53.3 Å². The molecule has 0 bridgehead atoms. The van der Waals surface area contributed by atoms with Gasteiger partial charge in [-0.15, -0.1) is 0 Å². The predicted octanol–water partition coefficient (Wildman–Crippen LogP) is 3.92. The molecule has 78 valence electrons. The van der Waals surface area contributed by atoms with E-state index in [1.807, 2.05) is 11.8 Å². The lowest BCUT2D eigenvalue weighted by molar-refractivity contribution is 1.21. The topological polar surface area (TPSA) is 12.0 Å². The van der Waals surface area contributed by atoms with Gasteiger partial charge in [-0.2, -0.15) is 11.8 Å². The molecule has 1 aromatic rings. The molecule has 1 aromatic carbocycles. The molecule has 14 heavy (non-hydrogen) atoms. The van der Waals surface area contributed by atoms with Crippen LogP contribution in [0.15, 0.2) is 22.7 Å². The van der Waals surface area contributed by atoms with E-state index in [4.69, 9.17) is 0 Å². The van der Waals surface area contributed by atoms with Crippen molar-refractivity contribution >= 4 is 33.4 Å². The van der Waals surface area contributed by atoms with Crippen molar-refractivity contribution < 1.29 is 0 Å². The van der Waals surface area contributed by atoms with Crippen LogP contribution in [0.1, 0.15) is 12.5 Å². The third-order valence-corrected chi connectivity index (χ3v) is 3.48. The van der Waals surface area contributed by atoms with E-state index in [0.29, 0.717) is 0 Å². The van der Waals surface area contributed by atoms with Crippen molar-refractivity contribution in [2.75, 3.05) is 23.4 Å². The maximum Gasteiger partial charge on any atom is 0.0487 e. The molecule has 0 amide bonds. The molecular weight excluding hydrogens is 258 g/mol. The fraction of sp³-hybridized carbons (Fsp3) is 0.455. The lowest BCUT2D eigenvalue weighted by Crippen LogP contribution is -2.04. The summed E-state index contributed by atoms with van der Waals surface area (Å²) in [5, 5.41) is 3.42. The van der Waals surface area contributed by atoms with Crippen molar-refractivity contribution in [2.45, 2.75) is 13.8 Å². The zero-order valence-electron chi connectivity index (χ0n) is 8.64. The molecule has 0 aliphatic rings. The quantitative estimate of drug-likeness (QED) is 0.817. The average molecular weight is 274 g/mol. The first-order valence-electron chi connectivity index (χ1n) is 4.82. The number of anilines is 1. The number of hydrogen-bond donors (Lipinski definition) is 1. The maximum atomic E-state index is 3.53. The summed E-state index contributed by atoms with van der Waals surface area (Å²) in [6, 6.07) is 6.36. The van der Waals surface area contributed by atoms with Gasteiger partial charge in [-0.05, 0) is 46.3 Å². The second-order valence-electron chi connectivity index (χ2n) is 3.11. The summed E-state index contributed by atoms with van der Waals surface area (Å²) in [6.07, 6.45) is 0. The van der Waals surface area contributed by atoms with Crippen LogP contribution in [-0.2, 0) is 0 Å². The summed E-state index contributed by atoms with van der Waals surface area (Å²) in [4.78, 5) is 0. The highest BCUT2D eigenvalue weighted by Gasteiger charge is 1.98. The van der Waals surface area contributed by atoms with Crippen LogP contribution in [0, 0.1) is 6.92 Å². The number of hydrogen-bond acceptors (Lipinski definition) is 2. The van der Waals surface area contributed by atoms with E-state index in [0.717, 1.165) is 16.8 Å². The van der Waals surface area contributed by atoms with E-state index >= 15 is 0 Å². The molecule has 1 nitrogen and oxygen atoms in total. The van der Waals surface area contributed by atoms with Gasteiger partial charge in [0.1, 0.15) is 0 Å². The Balaban J connectivity index is 2.45. The van der Waals surface area contributed by atoms with E-state index in [9.17, 15) is 0 Å². The zero-order chi connectivity index (χ0) is 10.4. The minimum absolute atomic E-state index is 1.03. The Morgan fingerprint density at radius 1 is 1.43 bits per heavy atom. The fourth-order valence-corrected chi connectivity index (χ4v) is 2.10. The molecule has 0 aliphatic heterocycles. The Labute approximate surface area is 98.8 Å². The number of rotatable bonds is 5. The van der Waals surface area contributed by atoms with Crippen LogP contribution in [-0.4, -0.2) is 18.1 Å². The van der Waals surface area contributed by atoms with Gasteiger partial charge in [0.15, 0.2) is 0 Å². The van der Waals surface area contributed by atoms with Gasteiger partial charge >= 0.3 is 0 Å². The normalized spacial score (nSPS) is 10.2. The molecule has 1 N–H and O–H groups in total. The largest absolute Gasteiger partial charge is 0.383 e. The van der Waals surface area contributed by atoms with E-state index in [1.54, 1.807) is 0 Å². The van der Waals surface area contributed by atoms with E-state index in [1.165, 1.54) is 17.0 Å². The zero-order valence-corrected chi connectivity index (χ0v) is 11.0. The van der Waals surface area contributed by atoms with Crippen molar-refractivity contribution in [1.29, 1.82) is 0 Å². The van der Waals surface area contributed by atoms with Crippen LogP contribution in [0.25, 0.3) is 0 Å². The van der Waals surface area contributed by atoms with Crippen LogP contribution >= 0.6 is 27.7 Å². The smallest absolute Gasteiger partial charge is 0.0487 e. The highest BCUT2D eigenvalue weighted by atomic mass is 79.9. The SMILES string of the molecule is CCSCCNc1cc(C)ccc1Br. The molecule has 0 heterocycles. The predicted molar refractivity (Wildman–Crippen MR) is 70.4 cm³/mol. The van der Waals surface area contributed by atoms with Crippen LogP contribution in [0.5, 0.6) is 0 Å². The molecular formula is C11H16BrNS. The van der Waals surface area contributed by atoms with Crippen LogP contribution < -0.4 is 5.32 Å². The van der Waals surface area contributed by atoms with Crippen molar-refractivity contribution in [3.05, 3.63) is 28.2 Å². The Bertz CT molecular complexity index is 289. The van der Waals surface area contributed by atoms with Gasteiger partial charge in [0.05, 0.1) is 0 Å². The van der Waals surface area contributed by atoms with Gasteiger partial charge in [0, 0.05) is 22.5 Å². The molecule has 0 aliphatic carbocycles. The maximum absolute atomic E-state index is 3.53. The van der Waals surface area contributed by atoms with Crippen LogP contribution in [0.2, 0.25) is 0 Å². The van der Waals surface area contributed by atoms with E-state index < -0.39 is 0 Å². The summed E-state index contributed by atoms with van der Waals surface area (Å²) >= 11 is 5.49.